The Hall–Kier alpha value is -2.94. The number of nitrogens with zero attached hydrogens (tertiary/aromatic N) is 2. The number of anilines is 1. The number of aliphatic hydroxyl groups excluding tert-OH is 1. The fraction of sp³-hybridized carbons (Fsp3) is 0.517. The largest absolute Gasteiger partial charge is 0.481 e. The zero-order valence-corrected chi connectivity index (χ0v) is 22.4. The summed E-state index contributed by atoms with van der Waals surface area (Å²) < 4.78 is 17.8. The molecule has 3 fully saturated rings. The molecule has 3 aliphatic rings. The maximum absolute atomic E-state index is 13.7. The number of rotatable bonds is 11. The molecule has 3 unspecified atom stereocenters. The van der Waals surface area contributed by atoms with Crippen molar-refractivity contribution in [1.82, 2.24) is 4.98 Å². The quantitative estimate of drug-likeness (QED) is 0.201. The number of aromatic nitrogens is 1. The number of carbonyl (C=O) groups is 1. The average molecular weight is 511 g/mol. The topological polar surface area (TPSA) is 89.9 Å². The van der Waals surface area contributed by atoms with Crippen molar-refractivity contribution in [2.24, 2.45) is 5.92 Å². The number of allylic oxidation sites excluding steroid dienone is 1. The van der Waals surface area contributed by atoms with E-state index in [-0.39, 0.29) is 12.1 Å². The second-order valence-corrected chi connectivity index (χ2v) is 10.4. The lowest BCUT2D eigenvalue weighted by molar-refractivity contribution is -0.941. The zero-order valence-electron chi connectivity index (χ0n) is 22.4. The van der Waals surface area contributed by atoms with Gasteiger partial charge in [-0.3, -0.25) is 0 Å². The minimum atomic E-state index is -1.03. The molecule has 2 bridgehead atoms. The molecular weight excluding hydrogens is 470 g/mol. The van der Waals surface area contributed by atoms with Crippen LogP contribution in [0.4, 0.5) is 5.69 Å². The normalized spacial score (nSPS) is 24.1. The van der Waals surface area contributed by atoms with Gasteiger partial charge in [-0.2, -0.15) is 0 Å². The fourth-order valence-corrected chi connectivity index (χ4v) is 5.37. The first kappa shape index (κ1) is 27.1. The third kappa shape index (κ3) is 6.69. The van der Waals surface area contributed by atoms with Crippen LogP contribution in [-0.2, 0) is 14.3 Å². The first-order valence-electron chi connectivity index (χ1n) is 13.2. The van der Waals surface area contributed by atoms with E-state index in [4.69, 9.17) is 14.2 Å². The highest BCUT2D eigenvalue weighted by Gasteiger charge is 2.47. The molecule has 2 aromatic rings. The number of quaternary nitrogens is 1. The maximum atomic E-state index is 13.7. The molecule has 3 aliphatic heterocycles. The lowest BCUT2D eigenvalue weighted by atomic mass is 9.83. The van der Waals surface area contributed by atoms with Crippen molar-refractivity contribution in [3.63, 3.8) is 0 Å². The molecule has 4 heterocycles. The van der Waals surface area contributed by atoms with Gasteiger partial charge in [0.25, 0.3) is 0 Å². The molecule has 37 heavy (non-hydrogen) atoms. The van der Waals surface area contributed by atoms with E-state index in [0.717, 1.165) is 43.5 Å². The molecule has 1 aromatic carbocycles. The van der Waals surface area contributed by atoms with E-state index in [1.54, 1.807) is 31.5 Å². The molecular formula is C29H40N3O5+. The number of benzene rings is 1. The minimum absolute atomic E-state index is 0.109. The highest BCUT2D eigenvalue weighted by atomic mass is 16.6. The van der Waals surface area contributed by atoms with Gasteiger partial charge in [0.05, 0.1) is 26.7 Å². The zero-order chi connectivity index (χ0) is 26.4. The van der Waals surface area contributed by atoms with Crippen LogP contribution in [0.25, 0.3) is 0 Å². The lowest BCUT2D eigenvalue weighted by Gasteiger charge is -2.51. The summed E-state index contributed by atoms with van der Waals surface area (Å²) in [7, 11) is 1.56. The molecule has 3 atom stereocenters. The summed E-state index contributed by atoms with van der Waals surface area (Å²) in [6.45, 7) is 10.6. The number of nitrogens with one attached hydrogen (secondary N) is 1. The van der Waals surface area contributed by atoms with Crippen LogP contribution in [0.2, 0.25) is 0 Å². The summed E-state index contributed by atoms with van der Waals surface area (Å²) in [5.41, 5.74) is 3.28. The first-order chi connectivity index (χ1) is 17.8. The van der Waals surface area contributed by atoms with Gasteiger partial charge in [0.1, 0.15) is 6.54 Å². The lowest BCUT2D eigenvalue weighted by Crippen LogP contribution is -2.64. The first-order valence-corrected chi connectivity index (χ1v) is 13.2. The van der Waals surface area contributed by atoms with Crippen LogP contribution in [0.3, 0.4) is 0 Å². The third-order valence-electron chi connectivity index (χ3n) is 7.54. The Morgan fingerprint density at radius 3 is 2.65 bits per heavy atom. The molecule has 8 heteroatoms. The van der Waals surface area contributed by atoms with Crippen molar-refractivity contribution in [3.05, 3.63) is 65.4 Å². The molecule has 8 nitrogen and oxygen atoms in total. The standard InChI is InChI=1S/C29H40N3O5/c1-5-36-28(33)22-7-6-8-24(17-22)31-27(23-9-10-26(35-4)30-18-23)29(34)37-25-19-32(14-11-20(2)3)15-12-21(25)13-16-32/h6-11,17-18,21,25,27-28,31,33H,5,12-16,19H2,1-4H3/q+1. The number of esters is 1. The summed E-state index contributed by atoms with van der Waals surface area (Å²) in [5.74, 6) is 0.539. The highest BCUT2D eigenvalue weighted by molar-refractivity contribution is 5.81. The maximum Gasteiger partial charge on any atom is 0.333 e. The van der Waals surface area contributed by atoms with Crippen LogP contribution in [-0.4, -0.2) is 66.5 Å². The molecule has 0 amide bonds. The Morgan fingerprint density at radius 1 is 1.22 bits per heavy atom. The minimum Gasteiger partial charge on any atom is -0.481 e. The van der Waals surface area contributed by atoms with Gasteiger partial charge in [-0.05, 0) is 45.0 Å². The van der Waals surface area contributed by atoms with Gasteiger partial charge >= 0.3 is 5.97 Å². The van der Waals surface area contributed by atoms with Crippen molar-refractivity contribution in [1.29, 1.82) is 0 Å². The summed E-state index contributed by atoms with van der Waals surface area (Å²) in [6.07, 6.45) is 4.95. The van der Waals surface area contributed by atoms with Crippen LogP contribution < -0.4 is 10.1 Å². The average Bonchev–Trinajstić information content (AvgIpc) is 2.91. The Labute approximate surface area is 219 Å². The van der Waals surface area contributed by atoms with E-state index < -0.39 is 12.3 Å². The number of aliphatic hydroxyl groups is 1. The third-order valence-corrected chi connectivity index (χ3v) is 7.54. The van der Waals surface area contributed by atoms with Crippen molar-refractivity contribution in [2.45, 2.75) is 52.0 Å². The fourth-order valence-electron chi connectivity index (χ4n) is 5.37. The highest BCUT2D eigenvalue weighted by Crippen LogP contribution is 2.36. The van der Waals surface area contributed by atoms with Gasteiger partial charge in [0.2, 0.25) is 5.88 Å². The van der Waals surface area contributed by atoms with Crippen molar-refractivity contribution >= 4 is 11.7 Å². The van der Waals surface area contributed by atoms with E-state index >= 15 is 0 Å². The Kier molecular flexibility index (Phi) is 8.84. The van der Waals surface area contributed by atoms with Crippen LogP contribution in [0.5, 0.6) is 5.88 Å². The van der Waals surface area contributed by atoms with E-state index in [1.165, 1.54) is 5.57 Å². The van der Waals surface area contributed by atoms with E-state index in [9.17, 15) is 9.90 Å². The van der Waals surface area contributed by atoms with Crippen LogP contribution >= 0.6 is 0 Å². The predicted molar refractivity (Wildman–Crippen MR) is 142 cm³/mol. The van der Waals surface area contributed by atoms with Crippen LogP contribution in [0.15, 0.2) is 54.2 Å². The number of hydrogen-bond donors (Lipinski definition) is 2. The van der Waals surface area contributed by atoms with Gasteiger partial charge in [-0.15, -0.1) is 0 Å². The number of methoxy groups -OCH3 is 1. The smallest absolute Gasteiger partial charge is 0.333 e. The summed E-state index contributed by atoms with van der Waals surface area (Å²) in [6, 6.07) is 10.0. The van der Waals surface area contributed by atoms with Gasteiger partial charge in [0.15, 0.2) is 18.4 Å². The van der Waals surface area contributed by atoms with Gasteiger partial charge in [-0.25, -0.2) is 9.78 Å². The van der Waals surface area contributed by atoms with Crippen molar-refractivity contribution in [3.8, 4) is 5.88 Å². The summed E-state index contributed by atoms with van der Waals surface area (Å²) >= 11 is 0. The number of ether oxygens (including phenoxy) is 3. The van der Waals surface area contributed by atoms with Gasteiger partial charge < -0.3 is 29.1 Å². The molecule has 5 rings (SSSR count). The van der Waals surface area contributed by atoms with Gasteiger partial charge in [-0.1, -0.05) is 17.7 Å². The monoisotopic (exact) mass is 510 g/mol. The van der Waals surface area contributed by atoms with Gasteiger partial charge in [0, 0.05) is 54.4 Å². The number of pyridine rings is 1. The number of piperidine rings is 3. The molecule has 2 N–H and O–H groups in total. The molecule has 0 radical (unpaired) electrons. The van der Waals surface area contributed by atoms with E-state index in [2.05, 4.69) is 30.2 Å². The number of carbonyl (C=O) groups excluding carboxylic acids is 1. The molecule has 1 aromatic heterocycles. The molecule has 200 valence electrons. The molecule has 3 saturated heterocycles. The molecule has 0 saturated carbocycles. The summed E-state index contributed by atoms with van der Waals surface area (Å²) in [5, 5.41) is 13.6. The second kappa shape index (κ2) is 12.1. The van der Waals surface area contributed by atoms with E-state index in [0.29, 0.717) is 35.2 Å². The SMILES string of the molecule is CCOC(O)c1cccc(NC(C(=O)OC2C[N+]3(CC=C(C)C)CCC2CC3)c2ccc(OC)nc2)c1. The van der Waals surface area contributed by atoms with Crippen LogP contribution in [0, 0.1) is 5.92 Å². The molecule has 0 spiro atoms. The Balaban J connectivity index is 1.55. The number of fused-ring (bicyclic) bond motifs is 3. The summed E-state index contributed by atoms with van der Waals surface area (Å²) in [4.78, 5) is 18.0. The Morgan fingerprint density at radius 2 is 2.00 bits per heavy atom. The number of hydrogen-bond acceptors (Lipinski definition) is 7. The second-order valence-electron chi connectivity index (χ2n) is 10.4. The Bertz CT molecular complexity index is 1080. The van der Waals surface area contributed by atoms with Crippen molar-refractivity contribution < 1.29 is 28.6 Å². The van der Waals surface area contributed by atoms with Crippen molar-refractivity contribution in [2.75, 3.05) is 45.2 Å². The predicted octanol–water partition coefficient (Wildman–Crippen LogP) is 4.39. The van der Waals surface area contributed by atoms with Crippen LogP contribution in [0.1, 0.15) is 57.1 Å². The molecule has 0 aliphatic carbocycles. The van der Waals surface area contributed by atoms with E-state index in [1.807, 2.05) is 25.1 Å².